The zero-order valence-corrected chi connectivity index (χ0v) is 10.2. The Bertz CT molecular complexity index is 246. The summed E-state index contributed by atoms with van der Waals surface area (Å²) >= 11 is 0. The number of hydrogen-bond donors (Lipinski definition) is 1. The number of carboxylic acid groups (broad SMARTS) is 1. The first-order valence-corrected chi connectivity index (χ1v) is 6.65. The molecule has 2 unspecified atom stereocenters. The fourth-order valence-electron chi connectivity index (χ4n) is 3.25. The van der Waals surface area contributed by atoms with Crippen molar-refractivity contribution in [2.45, 2.75) is 51.5 Å². The van der Waals surface area contributed by atoms with Crippen molar-refractivity contribution < 1.29 is 9.90 Å². The third-order valence-corrected chi connectivity index (χ3v) is 4.30. The van der Waals surface area contributed by atoms with Gasteiger partial charge < -0.3 is 5.11 Å². The zero-order chi connectivity index (χ0) is 11.5. The van der Waals surface area contributed by atoms with E-state index in [1.165, 1.54) is 38.5 Å². The molecule has 0 amide bonds. The highest BCUT2D eigenvalue weighted by Crippen LogP contribution is 2.30. The largest absolute Gasteiger partial charge is 0.481 e. The van der Waals surface area contributed by atoms with Crippen LogP contribution in [0.5, 0.6) is 0 Å². The highest BCUT2D eigenvalue weighted by molar-refractivity contribution is 5.71. The van der Waals surface area contributed by atoms with Gasteiger partial charge in [0.05, 0.1) is 5.92 Å². The number of carboxylic acids is 1. The summed E-state index contributed by atoms with van der Waals surface area (Å²) in [4.78, 5) is 13.5. The smallest absolute Gasteiger partial charge is 0.308 e. The van der Waals surface area contributed by atoms with Gasteiger partial charge in [0.25, 0.3) is 0 Å². The molecular formula is C13H23NO2. The summed E-state index contributed by atoms with van der Waals surface area (Å²) in [6.45, 7) is 3.85. The van der Waals surface area contributed by atoms with Gasteiger partial charge in [-0.25, -0.2) is 0 Å². The summed E-state index contributed by atoms with van der Waals surface area (Å²) in [5.74, 6) is -0.423. The Balaban J connectivity index is 1.93. The van der Waals surface area contributed by atoms with Gasteiger partial charge in [0.15, 0.2) is 0 Å². The molecule has 3 nitrogen and oxygen atoms in total. The van der Waals surface area contributed by atoms with Gasteiger partial charge in [-0.3, -0.25) is 9.69 Å². The third kappa shape index (κ3) is 2.57. The highest BCUT2D eigenvalue weighted by Gasteiger charge is 2.37. The molecule has 1 aliphatic carbocycles. The van der Waals surface area contributed by atoms with Crippen LogP contribution in [0.4, 0.5) is 0 Å². The van der Waals surface area contributed by atoms with Crippen molar-refractivity contribution in [1.29, 1.82) is 0 Å². The number of nitrogens with zero attached hydrogens (tertiary/aromatic N) is 1. The van der Waals surface area contributed by atoms with Gasteiger partial charge in [0.1, 0.15) is 0 Å². The molecule has 3 heteroatoms. The van der Waals surface area contributed by atoms with Gasteiger partial charge in [-0.1, -0.05) is 32.6 Å². The fraction of sp³-hybridized carbons (Fsp3) is 0.923. The maximum Gasteiger partial charge on any atom is 0.308 e. The summed E-state index contributed by atoms with van der Waals surface area (Å²) in [6.07, 6.45) is 7.93. The maximum atomic E-state index is 11.1. The molecule has 2 atom stereocenters. The maximum absolute atomic E-state index is 11.1. The molecule has 2 fully saturated rings. The van der Waals surface area contributed by atoms with Crippen molar-refractivity contribution in [2.75, 3.05) is 13.1 Å². The monoisotopic (exact) mass is 225 g/mol. The molecule has 2 aliphatic rings. The van der Waals surface area contributed by atoms with Gasteiger partial charge in [-0.15, -0.1) is 0 Å². The van der Waals surface area contributed by atoms with E-state index >= 15 is 0 Å². The van der Waals surface area contributed by atoms with Gasteiger partial charge in [0, 0.05) is 19.1 Å². The first kappa shape index (κ1) is 11.9. The van der Waals surface area contributed by atoms with E-state index in [1.807, 2.05) is 0 Å². The van der Waals surface area contributed by atoms with Crippen molar-refractivity contribution in [2.24, 2.45) is 11.8 Å². The van der Waals surface area contributed by atoms with E-state index in [0.717, 1.165) is 13.1 Å². The van der Waals surface area contributed by atoms with E-state index in [0.29, 0.717) is 12.0 Å². The van der Waals surface area contributed by atoms with Crippen LogP contribution in [-0.2, 0) is 4.79 Å². The number of likely N-dealkylation sites (tertiary alicyclic amines) is 1. The molecule has 2 rings (SSSR count). The molecule has 92 valence electrons. The van der Waals surface area contributed by atoms with Crippen LogP contribution in [0, 0.1) is 11.8 Å². The molecule has 1 saturated carbocycles. The quantitative estimate of drug-likeness (QED) is 0.733. The molecule has 0 aromatic carbocycles. The summed E-state index contributed by atoms with van der Waals surface area (Å²) in [5, 5.41) is 9.13. The van der Waals surface area contributed by atoms with Gasteiger partial charge in [-0.05, 0) is 18.8 Å². The van der Waals surface area contributed by atoms with Crippen LogP contribution in [0.3, 0.4) is 0 Å². The molecule has 16 heavy (non-hydrogen) atoms. The molecule has 0 aromatic heterocycles. The van der Waals surface area contributed by atoms with Gasteiger partial charge >= 0.3 is 5.97 Å². The van der Waals surface area contributed by atoms with Crippen molar-refractivity contribution in [3.63, 3.8) is 0 Å². The second-order valence-electron chi connectivity index (χ2n) is 5.52. The lowest BCUT2D eigenvalue weighted by Gasteiger charge is -2.26. The first-order chi connectivity index (χ1) is 7.68. The van der Waals surface area contributed by atoms with Crippen LogP contribution >= 0.6 is 0 Å². The zero-order valence-electron chi connectivity index (χ0n) is 10.2. The lowest BCUT2D eigenvalue weighted by Crippen LogP contribution is -2.33. The average Bonchev–Trinajstić information content (AvgIpc) is 2.50. The van der Waals surface area contributed by atoms with Crippen molar-refractivity contribution in [3.8, 4) is 0 Å². The van der Waals surface area contributed by atoms with Crippen molar-refractivity contribution in [1.82, 2.24) is 4.90 Å². The summed E-state index contributed by atoms with van der Waals surface area (Å²) in [5.41, 5.74) is 0. The fourth-order valence-corrected chi connectivity index (χ4v) is 3.25. The first-order valence-electron chi connectivity index (χ1n) is 6.65. The highest BCUT2D eigenvalue weighted by atomic mass is 16.4. The van der Waals surface area contributed by atoms with E-state index < -0.39 is 5.97 Å². The molecule has 0 aromatic rings. The molecule has 0 radical (unpaired) electrons. The Kier molecular flexibility index (Phi) is 3.85. The summed E-state index contributed by atoms with van der Waals surface area (Å²) in [7, 11) is 0. The Labute approximate surface area is 97.8 Å². The van der Waals surface area contributed by atoms with E-state index in [2.05, 4.69) is 11.8 Å². The lowest BCUT2D eigenvalue weighted by molar-refractivity contribution is -0.142. The molecular weight excluding hydrogens is 202 g/mol. The normalized spacial score (nSPS) is 33.8. The van der Waals surface area contributed by atoms with Gasteiger partial charge in [0.2, 0.25) is 0 Å². The van der Waals surface area contributed by atoms with Crippen molar-refractivity contribution >= 4 is 5.97 Å². The van der Waals surface area contributed by atoms with E-state index in [1.54, 1.807) is 0 Å². The minimum atomic E-state index is -0.608. The van der Waals surface area contributed by atoms with E-state index in [9.17, 15) is 4.79 Å². The second kappa shape index (κ2) is 5.17. The van der Waals surface area contributed by atoms with Crippen LogP contribution < -0.4 is 0 Å². The third-order valence-electron chi connectivity index (χ3n) is 4.30. The topological polar surface area (TPSA) is 40.5 Å². The Hall–Kier alpha value is -0.570. The van der Waals surface area contributed by atoms with Crippen LogP contribution in [-0.4, -0.2) is 35.1 Å². The number of aliphatic carboxylic acids is 1. The molecule has 1 N–H and O–H groups in total. The predicted molar refractivity (Wildman–Crippen MR) is 63.4 cm³/mol. The predicted octanol–water partition coefficient (Wildman–Crippen LogP) is 2.36. The van der Waals surface area contributed by atoms with Crippen LogP contribution in [0.25, 0.3) is 0 Å². The number of rotatable bonds is 2. The minimum absolute atomic E-state index is 0.136. The van der Waals surface area contributed by atoms with Crippen LogP contribution in [0.1, 0.15) is 45.4 Å². The Morgan fingerprint density at radius 1 is 1.12 bits per heavy atom. The molecule has 1 heterocycles. The van der Waals surface area contributed by atoms with E-state index in [-0.39, 0.29) is 5.92 Å². The lowest BCUT2D eigenvalue weighted by atomic mass is 9.99. The van der Waals surface area contributed by atoms with Gasteiger partial charge in [-0.2, -0.15) is 0 Å². The number of hydrogen-bond acceptors (Lipinski definition) is 2. The number of carbonyl (C=O) groups is 1. The molecule has 0 bridgehead atoms. The summed E-state index contributed by atoms with van der Waals surface area (Å²) in [6, 6.07) is 0.661. The average molecular weight is 225 g/mol. The second-order valence-corrected chi connectivity index (χ2v) is 5.52. The molecule has 1 aliphatic heterocycles. The van der Waals surface area contributed by atoms with Crippen molar-refractivity contribution in [3.05, 3.63) is 0 Å². The standard InChI is InChI=1S/C13H23NO2/c1-10-8-14(9-12(10)13(15)16)11-6-4-2-3-5-7-11/h10-12H,2-9H2,1H3,(H,15,16). The minimum Gasteiger partial charge on any atom is -0.481 e. The van der Waals surface area contributed by atoms with Crippen LogP contribution in [0.2, 0.25) is 0 Å². The van der Waals surface area contributed by atoms with E-state index in [4.69, 9.17) is 5.11 Å². The summed E-state index contributed by atoms with van der Waals surface area (Å²) < 4.78 is 0. The molecule has 1 saturated heterocycles. The molecule has 0 spiro atoms. The Morgan fingerprint density at radius 2 is 1.75 bits per heavy atom. The SMILES string of the molecule is CC1CN(C2CCCCCC2)CC1C(=O)O. The Morgan fingerprint density at radius 3 is 2.25 bits per heavy atom. The van der Waals surface area contributed by atoms with Crippen LogP contribution in [0.15, 0.2) is 0 Å².